The van der Waals surface area contributed by atoms with E-state index in [0.29, 0.717) is 0 Å². The largest absolute Gasteiger partial charge is 0.357 e. The number of hydrogen-bond donors (Lipinski definition) is 2. The zero-order valence-corrected chi connectivity index (χ0v) is 16.8. The highest BCUT2D eigenvalue weighted by Crippen LogP contribution is 2.09. The fraction of sp³-hybridized carbons (Fsp3) is 0.562. The van der Waals surface area contributed by atoms with E-state index in [9.17, 15) is 0 Å². The molecule has 1 rings (SSSR count). The molecule has 4 nitrogen and oxygen atoms in total. The van der Waals surface area contributed by atoms with Gasteiger partial charge in [0.2, 0.25) is 0 Å². The summed E-state index contributed by atoms with van der Waals surface area (Å²) in [4.78, 5) is 6.75. The molecule has 0 saturated carbocycles. The summed E-state index contributed by atoms with van der Waals surface area (Å²) in [5.74, 6) is 0.894. The number of benzene rings is 1. The minimum absolute atomic E-state index is 0. The van der Waals surface area contributed by atoms with E-state index in [1.54, 1.807) is 0 Å². The number of halogens is 2. The molecule has 0 fully saturated rings. The van der Waals surface area contributed by atoms with Crippen molar-refractivity contribution in [1.82, 2.24) is 15.5 Å². The van der Waals surface area contributed by atoms with Gasteiger partial charge in [0.15, 0.2) is 5.96 Å². The molecule has 1 aromatic rings. The highest BCUT2D eigenvalue weighted by Gasteiger charge is 1.98. The van der Waals surface area contributed by atoms with Crippen molar-refractivity contribution in [3.8, 4) is 0 Å². The maximum atomic E-state index is 5.88. The van der Waals surface area contributed by atoms with Crippen LogP contribution in [0.1, 0.15) is 18.9 Å². The van der Waals surface area contributed by atoms with Gasteiger partial charge in [-0.15, -0.1) is 24.0 Å². The molecule has 0 amide bonds. The van der Waals surface area contributed by atoms with Crippen LogP contribution in [0.5, 0.6) is 0 Å². The normalized spacial score (nSPS) is 11.2. The molecule has 6 heteroatoms. The molecule has 0 bridgehead atoms. The smallest absolute Gasteiger partial charge is 0.191 e. The minimum Gasteiger partial charge on any atom is -0.357 e. The van der Waals surface area contributed by atoms with Crippen molar-refractivity contribution in [1.29, 1.82) is 0 Å². The molecule has 0 heterocycles. The predicted molar refractivity (Wildman–Crippen MR) is 108 cm³/mol. The third-order valence-corrected chi connectivity index (χ3v) is 3.25. The zero-order valence-electron chi connectivity index (χ0n) is 13.7. The average Bonchev–Trinajstić information content (AvgIpc) is 2.45. The van der Waals surface area contributed by atoms with Crippen LogP contribution < -0.4 is 10.6 Å². The Morgan fingerprint density at radius 3 is 2.45 bits per heavy atom. The van der Waals surface area contributed by atoms with Crippen LogP contribution in [0, 0.1) is 0 Å². The van der Waals surface area contributed by atoms with Gasteiger partial charge in [-0.05, 0) is 58.1 Å². The number of nitrogens with one attached hydrogen (secondary N) is 2. The van der Waals surface area contributed by atoms with Gasteiger partial charge in [-0.25, -0.2) is 0 Å². The minimum atomic E-state index is 0. The van der Waals surface area contributed by atoms with Crippen molar-refractivity contribution in [2.75, 3.05) is 40.3 Å². The second kappa shape index (κ2) is 13.0. The van der Waals surface area contributed by atoms with E-state index < -0.39 is 0 Å². The number of guanidine groups is 1. The van der Waals surface area contributed by atoms with Gasteiger partial charge in [-0.3, -0.25) is 4.99 Å². The predicted octanol–water partition coefficient (Wildman–Crippen LogP) is 3.01. The summed E-state index contributed by atoms with van der Waals surface area (Å²) in [6, 6.07) is 7.98. The Morgan fingerprint density at radius 1 is 1.18 bits per heavy atom. The molecule has 1 aromatic carbocycles. The van der Waals surface area contributed by atoms with E-state index in [0.717, 1.165) is 50.0 Å². The monoisotopic (exact) mass is 438 g/mol. The topological polar surface area (TPSA) is 39.7 Å². The highest BCUT2D eigenvalue weighted by molar-refractivity contribution is 14.0. The fourth-order valence-corrected chi connectivity index (χ4v) is 2.02. The first-order chi connectivity index (χ1) is 10.1. The molecular formula is C16H28ClIN4. The van der Waals surface area contributed by atoms with E-state index in [4.69, 9.17) is 11.6 Å². The van der Waals surface area contributed by atoms with E-state index in [1.807, 2.05) is 12.1 Å². The van der Waals surface area contributed by atoms with Crippen LogP contribution in [0.4, 0.5) is 0 Å². The number of hydrogen-bond acceptors (Lipinski definition) is 2. The van der Waals surface area contributed by atoms with Gasteiger partial charge in [0.1, 0.15) is 0 Å². The molecule has 0 aliphatic rings. The van der Waals surface area contributed by atoms with Crippen LogP contribution in [-0.2, 0) is 6.42 Å². The molecule has 0 aliphatic heterocycles. The standard InChI is InChI=1S/C16H27ClN4.HI/c1-4-18-16(19-11-5-13-21(2)3)20-12-10-14-6-8-15(17)9-7-14;/h6-9H,4-5,10-13H2,1-3H3,(H2,18,19,20);1H. The van der Waals surface area contributed by atoms with Crippen molar-refractivity contribution in [3.05, 3.63) is 34.9 Å². The molecule has 0 aromatic heterocycles. The van der Waals surface area contributed by atoms with Crippen molar-refractivity contribution in [2.24, 2.45) is 4.99 Å². The lowest BCUT2D eigenvalue weighted by molar-refractivity contribution is 0.403. The van der Waals surface area contributed by atoms with Crippen LogP contribution in [-0.4, -0.2) is 51.1 Å². The number of aliphatic imine (C=N–C) groups is 1. The van der Waals surface area contributed by atoms with Crippen LogP contribution in [0.3, 0.4) is 0 Å². The summed E-state index contributed by atoms with van der Waals surface area (Å²) >= 11 is 5.88. The summed E-state index contributed by atoms with van der Waals surface area (Å²) in [5.41, 5.74) is 1.27. The molecular weight excluding hydrogens is 411 g/mol. The van der Waals surface area contributed by atoms with Crippen molar-refractivity contribution in [3.63, 3.8) is 0 Å². The van der Waals surface area contributed by atoms with Crippen molar-refractivity contribution >= 4 is 41.5 Å². The van der Waals surface area contributed by atoms with Gasteiger partial charge in [0, 0.05) is 24.7 Å². The van der Waals surface area contributed by atoms with E-state index >= 15 is 0 Å². The Bertz CT molecular complexity index is 421. The van der Waals surface area contributed by atoms with Crippen LogP contribution >= 0.6 is 35.6 Å². The number of rotatable bonds is 8. The Hall–Kier alpha value is -0.530. The lowest BCUT2D eigenvalue weighted by Crippen LogP contribution is -2.38. The van der Waals surface area contributed by atoms with Gasteiger partial charge in [-0.2, -0.15) is 0 Å². The summed E-state index contributed by atoms with van der Waals surface area (Å²) < 4.78 is 0. The number of nitrogens with zero attached hydrogens (tertiary/aromatic N) is 2. The van der Waals surface area contributed by atoms with Gasteiger partial charge in [-0.1, -0.05) is 23.7 Å². The van der Waals surface area contributed by atoms with Crippen LogP contribution in [0.15, 0.2) is 29.3 Å². The van der Waals surface area contributed by atoms with Crippen molar-refractivity contribution < 1.29 is 0 Å². The summed E-state index contributed by atoms with van der Waals surface area (Å²) in [5, 5.41) is 7.41. The Kier molecular flexibility index (Phi) is 12.6. The Labute approximate surface area is 156 Å². The third-order valence-electron chi connectivity index (χ3n) is 3.00. The Morgan fingerprint density at radius 2 is 1.86 bits per heavy atom. The fourth-order valence-electron chi connectivity index (χ4n) is 1.90. The quantitative estimate of drug-likeness (QED) is 0.284. The molecule has 22 heavy (non-hydrogen) atoms. The average molecular weight is 439 g/mol. The SMILES string of the molecule is CCNC(=NCCCN(C)C)NCCc1ccc(Cl)cc1.I. The van der Waals surface area contributed by atoms with Gasteiger partial charge >= 0.3 is 0 Å². The van der Waals surface area contributed by atoms with Gasteiger partial charge in [0.25, 0.3) is 0 Å². The van der Waals surface area contributed by atoms with Crippen LogP contribution in [0.2, 0.25) is 5.02 Å². The molecule has 0 radical (unpaired) electrons. The van der Waals surface area contributed by atoms with Gasteiger partial charge < -0.3 is 15.5 Å². The molecule has 0 aliphatic carbocycles. The van der Waals surface area contributed by atoms with Crippen molar-refractivity contribution in [2.45, 2.75) is 19.8 Å². The molecule has 126 valence electrons. The maximum Gasteiger partial charge on any atom is 0.191 e. The molecule has 0 saturated heterocycles. The second-order valence-corrected chi connectivity index (χ2v) is 5.66. The van der Waals surface area contributed by atoms with Gasteiger partial charge in [0.05, 0.1) is 0 Å². The lowest BCUT2D eigenvalue weighted by atomic mass is 10.1. The molecule has 0 spiro atoms. The van der Waals surface area contributed by atoms with E-state index in [-0.39, 0.29) is 24.0 Å². The van der Waals surface area contributed by atoms with E-state index in [2.05, 4.69) is 53.7 Å². The summed E-state index contributed by atoms with van der Waals surface area (Å²) in [6.07, 6.45) is 2.03. The first-order valence-corrected chi connectivity index (χ1v) is 7.91. The summed E-state index contributed by atoms with van der Waals surface area (Å²) in [7, 11) is 4.17. The maximum absolute atomic E-state index is 5.88. The molecule has 0 unspecified atom stereocenters. The second-order valence-electron chi connectivity index (χ2n) is 5.22. The Balaban J connectivity index is 0.00000441. The highest BCUT2D eigenvalue weighted by atomic mass is 127. The van der Waals surface area contributed by atoms with E-state index in [1.165, 1.54) is 5.56 Å². The third kappa shape index (κ3) is 10.2. The summed E-state index contributed by atoms with van der Waals surface area (Å²) in [6.45, 7) is 5.72. The first-order valence-electron chi connectivity index (χ1n) is 7.53. The first kappa shape index (κ1) is 21.5. The zero-order chi connectivity index (χ0) is 15.5. The lowest BCUT2D eigenvalue weighted by Gasteiger charge is -2.12. The van der Waals surface area contributed by atoms with Crippen LogP contribution in [0.25, 0.3) is 0 Å². The molecule has 2 N–H and O–H groups in total. The molecule has 0 atom stereocenters.